The lowest BCUT2D eigenvalue weighted by atomic mass is 10.0. The monoisotopic (exact) mass is 385 g/mol. The third-order valence-electron chi connectivity index (χ3n) is 3.98. The Balaban J connectivity index is 1.90. The van der Waals surface area contributed by atoms with Crippen LogP contribution < -0.4 is 15.4 Å². The Kier molecular flexibility index (Phi) is 8.27. The van der Waals surface area contributed by atoms with Crippen LogP contribution in [0.4, 0.5) is 4.79 Å². The number of carbonyl (C=O) groups is 2. The number of carbonyl (C=O) groups excluding carboxylic acids is 2. The van der Waals surface area contributed by atoms with Crippen LogP contribution in [0.2, 0.25) is 0 Å². The molecule has 1 atom stereocenters. The molecule has 2 amide bonds. The molecule has 1 aromatic heterocycles. The number of rotatable bonds is 9. The summed E-state index contributed by atoms with van der Waals surface area (Å²) in [4.78, 5) is 28.3. The maximum Gasteiger partial charge on any atom is 0.407 e. The highest BCUT2D eigenvalue weighted by molar-refractivity contribution is 5.85. The molecule has 2 rings (SSSR count). The van der Waals surface area contributed by atoms with E-state index >= 15 is 0 Å². The minimum atomic E-state index is -0.664. The number of hydrogen-bond acceptors (Lipinski definition) is 5. The smallest absolute Gasteiger partial charge is 0.407 e. The van der Waals surface area contributed by atoms with E-state index < -0.39 is 12.1 Å². The molecule has 2 aromatic rings. The van der Waals surface area contributed by atoms with Gasteiger partial charge in [0.05, 0.1) is 12.3 Å². The first-order chi connectivity index (χ1) is 13.5. The van der Waals surface area contributed by atoms with Crippen molar-refractivity contribution in [3.63, 3.8) is 0 Å². The number of ether oxygens (including phenoxy) is 2. The van der Waals surface area contributed by atoms with Gasteiger partial charge in [0, 0.05) is 12.7 Å². The first-order valence-corrected chi connectivity index (χ1v) is 9.32. The second kappa shape index (κ2) is 10.9. The third kappa shape index (κ3) is 6.90. The molecule has 0 saturated carbocycles. The van der Waals surface area contributed by atoms with Crippen LogP contribution in [0.1, 0.15) is 32.0 Å². The van der Waals surface area contributed by atoms with Crippen LogP contribution in [0.25, 0.3) is 0 Å². The zero-order valence-electron chi connectivity index (χ0n) is 16.5. The highest BCUT2D eigenvalue weighted by atomic mass is 16.5. The standard InChI is InChI=1S/C21H27N3O4/c1-4-27-21(26)24-19(15(2)3)20(25)23-13-16-8-7-10-18(12-16)28-14-17-9-5-6-11-22-17/h5-12,15,19H,4,13-14H2,1-3H3,(H,23,25)(H,24,26). The molecule has 7 nitrogen and oxygen atoms in total. The van der Waals surface area contributed by atoms with Gasteiger partial charge in [-0.15, -0.1) is 0 Å². The lowest BCUT2D eigenvalue weighted by Crippen LogP contribution is -2.49. The molecule has 1 aromatic carbocycles. The van der Waals surface area contributed by atoms with Crippen LogP contribution in [-0.2, 0) is 22.7 Å². The van der Waals surface area contributed by atoms with E-state index in [2.05, 4.69) is 15.6 Å². The van der Waals surface area contributed by atoms with Crippen LogP contribution in [0.3, 0.4) is 0 Å². The van der Waals surface area contributed by atoms with Crippen molar-refractivity contribution in [2.24, 2.45) is 5.92 Å². The molecule has 1 unspecified atom stereocenters. The number of alkyl carbamates (subject to hydrolysis) is 1. The third-order valence-corrected chi connectivity index (χ3v) is 3.98. The molecule has 0 bridgehead atoms. The minimum Gasteiger partial charge on any atom is -0.487 e. The zero-order valence-corrected chi connectivity index (χ0v) is 16.5. The van der Waals surface area contributed by atoms with Gasteiger partial charge >= 0.3 is 6.09 Å². The molecule has 0 aliphatic rings. The summed E-state index contributed by atoms with van der Waals surface area (Å²) in [5.74, 6) is 0.364. The number of hydrogen-bond donors (Lipinski definition) is 2. The van der Waals surface area contributed by atoms with Gasteiger partial charge in [-0.1, -0.05) is 32.0 Å². The normalized spacial score (nSPS) is 11.6. The highest BCUT2D eigenvalue weighted by Gasteiger charge is 2.24. The van der Waals surface area contributed by atoms with E-state index in [1.807, 2.05) is 56.3 Å². The molecule has 7 heteroatoms. The average Bonchev–Trinajstić information content (AvgIpc) is 2.70. The Morgan fingerprint density at radius 3 is 2.64 bits per heavy atom. The molecule has 2 N–H and O–H groups in total. The summed E-state index contributed by atoms with van der Waals surface area (Å²) in [6.45, 7) is 6.39. The molecule has 0 aliphatic carbocycles. The Bertz CT molecular complexity index is 765. The number of amides is 2. The van der Waals surface area contributed by atoms with Gasteiger partial charge in [-0.25, -0.2) is 4.79 Å². The van der Waals surface area contributed by atoms with Crippen molar-refractivity contribution in [3.8, 4) is 5.75 Å². The molecule has 1 heterocycles. The number of nitrogens with one attached hydrogen (secondary N) is 2. The molecule has 0 saturated heterocycles. The molecule has 0 aliphatic heterocycles. The molecular weight excluding hydrogens is 358 g/mol. The van der Waals surface area contributed by atoms with Crippen LogP contribution >= 0.6 is 0 Å². The quantitative estimate of drug-likeness (QED) is 0.692. The van der Waals surface area contributed by atoms with E-state index in [1.54, 1.807) is 13.1 Å². The van der Waals surface area contributed by atoms with Crippen molar-refractivity contribution in [2.45, 2.75) is 40.0 Å². The van der Waals surface area contributed by atoms with Gasteiger partial charge in [-0.2, -0.15) is 0 Å². The van der Waals surface area contributed by atoms with Gasteiger partial charge in [-0.3, -0.25) is 9.78 Å². The largest absolute Gasteiger partial charge is 0.487 e. The van der Waals surface area contributed by atoms with E-state index in [-0.39, 0.29) is 18.4 Å². The van der Waals surface area contributed by atoms with Crippen LogP contribution in [0.15, 0.2) is 48.7 Å². The maximum atomic E-state index is 12.5. The average molecular weight is 385 g/mol. The summed E-state index contributed by atoms with van der Waals surface area (Å²) in [5, 5.41) is 5.45. The second-order valence-electron chi connectivity index (χ2n) is 6.56. The summed E-state index contributed by atoms with van der Waals surface area (Å²) in [5.41, 5.74) is 1.73. The summed E-state index contributed by atoms with van der Waals surface area (Å²) < 4.78 is 10.6. The molecule has 0 radical (unpaired) electrons. The van der Waals surface area contributed by atoms with Gasteiger partial charge in [-0.05, 0) is 42.7 Å². The lowest BCUT2D eigenvalue weighted by molar-refractivity contribution is -0.124. The lowest BCUT2D eigenvalue weighted by Gasteiger charge is -2.21. The Hall–Kier alpha value is -3.09. The predicted octanol–water partition coefficient (Wildman–Crippen LogP) is 3.05. The Morgan fingerprint density at radius 1 is 1.14 bits per heavy atom. The fourth-order valence-electron chi connectivity index (χ4n) is 2.52. The second-order valence-corrected chi connectivity index (χ2v) is 6.56. The van der Waals surface area contributed by atoms with Gasteiger partial charge in [0.2, 0.25) is 5.91 Å². The van der Waals surface area contributed by atoms with Crippen LogP contribution in [0, 0.1) is 5.92 Å². The van der Waals surface area contributed by atoms with Crippen molar-refractivity contribution >= 4 is 12.0 Å². The summed E-state index contributed by atoms with van der Waals surface area (Å²) in [6, 6.07) is 12.5. The van der Waals surface area contributed by atoms with Crippen molar-refractivity contribution in [3.05, 3.63) is 59.9 Å². The number of benzene rings is 1. The highest BCUT2D eigenvalue weighted by Crippen LogP contribution is 2.15. The van der Waals surface area contributed by atoms with Crippen molar-refractivity contribution in [1.29, 1.82) is 0 Å². The van der Waals surface area contributed by atoms with E-state index in [0.29, 0.717) is 18.9 Å². The molecule has 0 fully saturated rings. The van der Waals surface area contributed by atoms with Gasteiger partial charge < -0.3 is 20.1 Å². The molecule has 28 heavy (non-hydrogen) atoms. The number of nitrogens with zero attached hydrogens (tertiary/aromatic N) is 1. The fourth-order valence-corrected chi connectivity index (χ4v) is 2.52. The first-order valence-electron chi connectivity index (χ1n) is 9.32. The van der Waals surface area contributed by atoms with Crippen LogP contribution in [0.5, 0.6) is 5.75 Å². The van der Waals surface area contributed by atoms with E-state index in [1.165, 1.54) is 0 Å². The first kappa shape index (κ1) is 21.2. The maximum absolute atomic E-state index is 12.5. The molecule has 0 spiro atoms. The van der Waals surface area contributed by atoms with Gasteiger partial charge in [0.25, 0.3) is 0 Å². The molecular formula is C21H27N3O4. The van der Waals surface area contributed by atoms with E-state index in [9.17, 15) is 9.59 Å². The number of aromatic nitrogens is 1. The SMILES string of the molecule is CCOC(=O)NC(C(=O)NCc1cccc(OCc2ccccn2)c1)C(C)C. The van der Waals surface area contributed by atoms with E-state index in [4.69, 9.17) is 9.47 Å². The van der Waals surface area contributed by atoms with E-state index in [0.717, 1.165) is 11.3 Å². The minimum absolute atomic E-state index is 0.0718. The van der Waals surface area contributed by atoms with Crippen molar-refractivity contribution in [1.82, 2.24) is 15.6 Å². The number of pyridine rings is 1. The Morgan fingerprint density at radius 2 is 1.96 bits per heavy atom. The Labute approximate surface area is 165 Å². The van der Waals surface area contributed by atoms with Crippen molar-refractivity contribution < 1.29 is 19.1 Å². The topological polar surface area (TPSA) is 89.5 Å². The summed E-state index contributed by atoms with van der Waals surface area (Å²) >= 11 is 0. The molecule has 150 valence electrons. The predicted molar refractivity (Wildman–Crippen MR) is 106 cm³/mol. The van der Waals surface area contributed by atoms with Crippen LogP contribution in [-0.4, -0.2) is 29.6 Å². The fraction of sp³-hybridized carbons (Fsp3) is 0.381. The summed E-state index contributed by atoms with van der Waals surface area (Å²) in [6.07, 6.45) is 1.13. The van der Waals surface area contributed by atoms with Crippen molar-refractivity contribution in [2.75, 3.05) is 6.61 Å². The summed E-state index contributed by atoms with van der Waals surface area (Å²) in [7, 11) is 0. The van der Waals surface area contributed by atoms with Gasteiger partial charge in [0.15, 0.2) is 0 Å². The zero-order chi connectivity index (χ0) is 20.4. The van der Waals surface area contributed by atoms with Gasteiger partial charge in [0.1, 0.15) is 18.4 Å².